The molecule has 1 amide bonds. The third kappa shape index (κ3) is 2.84. The lowest BCUT2D eigenvalue weighted by Crippen LogP contribution is -2.27. The fourth-order valence-corrected chi connectivity index (χ4v) is 3.39. The highest BCUT2D eigenvalue weighted by molar-refractivity contribution is 6.02. The fraction of sp³-hybridized carbons (Fsp3) is 0.318. The van der Waals surface area contributed by atoms with Crippen LogP contribution >= 0.6 is 0 Å². The first-order valence-electron chi connectivity index (χ1n) is 8.89. The minimum absolute atomic E-state index is 0.0772. The molecule has 0 radical (unpaired) electrons. The van der Waals surface area contributed by atoms with Crippen molar-refractivity contribution < 1.29 is 4.79 Å². The van der Waals surface area contributed by atoms with Gasteiger partial charge in [-0.3, -0.25) is 4.79 Å². The highest BCUT2D eigenvalue weighted by Gasteiger charge is 2.51. The zero-order chi connectivity index (χ0) is 17.7. The molecule has 1 heterocycles. The van der Waals surface area contributed by atoms with Gasteiger partial charge in [-0.05, 0) is 42.7 Å². The summed E-state index contributed by atoms with van der Waals surface area (Å²) in [5, 5.41) is 4.26. The molecule has 128 valence electrons. The summed E-state index contributed by atoms with van der Waals surface area (Å²) >= 11 is 0. The van der Waals surface area contributed by atoms with Crippen LogP contribution in [0.5, 0.6) is 0 Å². The molecule has 0 bridgehead atoms. The third-order valence-electron chi connectivity index (χ3n) is 5.20. The second kappa shape index (κ2) is 5.48. The summed E-state index contributed by atoms with van der Waals surface area (Å²) in [5.41, 5.74) is 4.02. The number of carbonyl (C=O) groups excluding carboxylic acids is 1. The standard InChI is InChI=1S/C22H24N2O/c1-21(2,3)19-14-15-13-17(9-10-18(15)24-19)23-20(25)22(11-12-22)16-7-5-4-6-8-16/h4-10,13-14,24H,11-12H2,1-3H3,(H,23,25). The molecule has 4 rings (SSSR count). The minimum atomic E-state index is -0.342. The number of hydrogen-bond acceptors (Lipinski definition) is 1. The van der Waals surface area contributed by atoms with Crippen LogP contribution in [0.25, 0.3) is 10.9 Å². The summed E-state index contributed by atoms with van der Waals surface area (Å²) < 4.78 is 0. The van der Waals surface area contributed by atoms with Crippen molar-refractivity contribution in [3.05, 3.63) is 65.9 Å². The molecule has 0 spiro atoms. The van der Waals surface area contributed by atoms with Gasteiger partial charge < -0.3 is 10.3 Å². The van der Waals surface area contributed by atoms with E-state index in [9.17, 15) is 4.79 Å². The number of rotatable bonds is 3. The summed E-state index contributed by atoms with van der Waals surface area (Å²) in [5.74, 6) is 0.102. The number of anilines is 1. The van der Waals surface area contributed by atoms with Crippen molar-refractivity contribution in [3.63, 3.8) is 0 Å². The summed E-state index contributed by atoms with van der Waals surface area (Å²) in [7, 11) is 0. The molecule has 1 aliphatic rings. The molecule has 2 N–H and O–H groups in total. The Balaban J connectivity index is 1.60. The third-order valence-corrected chi connectivity index (χ3v) is 5.20. The van der Waals surface area contributed by atoms with E-state index in [2.05, 4.69) is 55.3 Å². The van der Waals surface area contributed by atoms with Crippen LogP contribution in [0.2, 0.25) is 0 Å². The Labute approximate surface area is 148 Å². The number of H-pyrrole nitrogens is 1. The van der Waals surface area contributed by atoms with Crippen molar-refractivity contribution in [2.75, 3.05) is 5.32 Å². The molecule has 0 aliphatic heterocycles. The molecule has 3 aromatic rings. The van der Waals surface area contributed by atoms with Gasteiger partial charge in [0.25, 0.3) is 0 Å². The maximum Gasteiger partial charge on any atom is 0.235 e. The van der Waals surface area contributed by atoms with Crippen molar-refractivity contribution in [2.24, 2.45) is 0 Å². The van der Waals surface area contributed by atoms with E-state index in [1.807, 2.05) is 30.3 Å². The summed E-state index contributed by atoms with van der Waals surface area (Å²) in [4.78, 5) is 16.4. The molecule has 1 saturated carbocycles. The van der Waals surface area contributed by atoms with Crippen LogP contribution in [-0.4, -0.2) is 10.9 Å². The summed E-state index contributed by atoms with van der Waals surface area (Å²) in [6, 6.07) is 18.4. The van der Waals surface area contributed by atoms with Gasteiger partial charge in [-0.25, -0.2) is 0 Å². The van der Waals surface area contributed by atoms with E-state index in [4.69, 9.17) is 0 Å². The largest absolute Gasteiger partial charge is 0.358 e. The number of fused-ring (bicyclic) bond motifs is 1. The van der Waals surface area contributed by atoms with Gasteiger partial charge in [0.15, 0.2) is 0 Å². The van der Waals surface area contributed by atoms with Crippen molar-refractivity contribution in [3.8, 4) is 0 Å². The van der Waals surface area contributed by atoms with E-state index < -0.39 is 0 Å². The first-order chi connectivity index (χ1) is 11.9. The summed E-state index contributed by atoms with van der Waals surface area (Å²) in [6.07, 6.45) is 1.84. The van der Waals surface area contributed by atoms with Gasteiger partial charge in [0.05, 0.1) is 5.41 Å². The lowest BCUT2D eigenvalue weighted by atomic mass is 9.92. The normalized spacial score (nSPS) is 16.0. The van der Waals surface area contributed by atoms with E-state index in [0.29, 0.717) is 0 Å². The molecule has 0 atom stereocenters. The van der Waals surface area contributed by atoms with Crippen molar-refractivity contribution >= 4 is 22.5 Å². The first kappa shape index (κ1) is 15.9. The Morgan fingerprint density at radius 2 is 1.76 bits per heavy atom. The monoisotopic (exact) mass is 332 g/mol. The van der Waals surface area contributed by atoms with Crippen LogP contribution in [0.3, 0.4) is 0 Å². The lowest BCUT2D eigenvalue weighted by molar-refractivity contribution is -0.118. The average molecular weight is 332 g/mol. The quantitative estimate of drug-likeness (QED) is 0.685. The van der Waals surface area contributed by atoms with Crippen LogP contribution < -0.4 is 5.32 Å². The molecule has 0 unspecified atom stereocenters. The van der Waals surface area contributed by atoms with Crippen molar-refractivity contribution in [1.29, 1.82) is 0 Å². The number of aromatic nitrogens is 1. The van der Waals surface area contributed by atoms with Crippen LogP contribution in [0, 0.1) is 0 Å². The molecule has 1 fully saturated rings. The lowest BCUT2D eigenvalue weighted by Gasteiger charge is -2.15. The average Bonchev–Trinajstić information content (AvgIpc) is 3.28. The van der Waals surface area contributed by atoms with Gasteiger partial charge in [-0.15, -0.1) is 0 Å². The van der Waals surface area contributed by atoms with E-state index in [-0.39, 0.29) is 16.7 Å². The second-order valence-electron chi connectivity index (χ2n) is 8.14. The Hall–Kier alpha value is -2.55. The SMILES string of the molecule is CC(C)(C)c1cc2cc(NC(=O)C3(c4ccccc4)CC3)ccc2[nH]1. The second-order valence-corrected chi connectivity index (χ2v) is 8.14. The van der Waals surface area contributed by atoms with E-state index >= 15 is 0 Å². The van der Waals surface area contributed by atoms with E-state index in [0.717, 1.165) is 35.0 Å². The Morgan fingerprint density at radius 1 is 1.04 bits per heavy atom. The number of benzene rings is 2. The topological polar surface area (TPSA) is 44.9 Å². The molecule has 1 aliphatic carbocycles. The number of carbonyl (C=O) groups is 1. The van der Waals surface area contributed by atoms with Gasteiger partial charge in [0.2, 0.25) is 5.91 Å². The number of aromatic amines is 1. The van der Waals surface area contributed by atoms with Gasteiger partial charge in [0.1, 0.15) is 0 Å². The van der Waals surface area contributed by atoms with Gasteiger partial charge in [-0.2, -0.15) is 0 Å². The zero-order valence-electron chi connectivity index (χ0n) is 15.0. The molecule has 1 aromatic heterocycles. The summed E-state index contributed by atoms with van der Waals surface area (Å²) in [6.45, 7) is 6.57. The maximum atomic E-state index is 12.9. The van der Waals surface area contributed by atoms with Crippen LogP contribution in [-0.2, 0) is 15.6 Å². The highest BCUT2D eigenvalue weighted by atomic mass is 16.2. The number of hydrogen-bond donors (Lipinski definition) is 2. The number of nitrogens with one attached hydrogen (secondary N) is 2. The van der Waals surface area contributed by atoms with E-state index in [1.54, 1.807) is 0 Å². The molecular weight excluding hydrogens is 308 g/mol. The molecule has 25 heavy (non-hydrogen) atoms. The fourth-order valence-electron chi connectivity index (χ4n) is 3.39. The Morgan fingerprint density at radius 3 is 2.40 bits per heavy atom. The predicted octanol–water partition coefficient (Wildman–Crippen LogP) is 5.14. The highest BCUT2D eigenvalue weighted by Crippen LogP contribution is 2.49. The molecule has 3 nitrogen and oxygen atoms in total. The molecule has 0 saturated heterocycles. The van der Waals surface area contributed by atoms with Crippen LogP contribution in [0.4, 0.5) is 5.69 Å². The smallest absolute Gasteiger partial charge is 0.235 e. The first-order valence-corrected chi connectivity index (χ1v) is 8.89. The van der Waals surface area contributed by atoms with Gasteiger partial charge in [-0.1, -0.05) is 51.1 Å². The molecular formula is C22H24N2O. The van der Waals surface area contributed by atoms with Crippen molar-refractivity contribution in [2.45, 2.75) is 44.4 Å². The van der Waals surface area contributed by atoms with Crippen LogP contribution in [0.15, 0.2) is 54.6 Å². The van der Waals surface area contributed by atoms with Crippen LogP contribution in [0.1, 0.15) is 44.9 Å². The molecule has 2 aromatic carbocycles. The zero-order valence-corrected chi connectivity index (χ0v) is 15.0. The van der Waals surface area contributed by atoms with Crippen molar-refractivity contribution in [1.82, 2.24) is 4.98 Å². The van der Waals surface area contributed by atoms with E-state index in [1.165, 1.54) is 5.69 Å². The molecule has 3 heteroatoms. The Kier molecular flexibility index (Phi) is 3.50. The Bertz CT molecular complexity index is 928. The maximum absolute atomic E-state index is 12.9. The number of amides is 1. The van der Waals surface area contributed by atoms with Gasteiger partial charge >= 0.3 is 0 Å². The van der Waals surface area contributed by atoms with Gasteiger partial charge in [0, 0.05) is 27.7 Å². The predicted molar refractivity (Wildman–Crippen MR) is 103 cm³/mol. The minimum Gasteiger partial charge on any atom is -0.358 e.